The molecule has 0 unspecified atom stereocenters. The highest BCUT2D eigenvalue weighted by molar-refractivity contribution is 6.29. The fraction of sp³-hybridized carbons (Fsp3) is 0.222. The van der Waals surface area contributed by atoms with Gasteiger partial charge in [-0.3, -0.25) is 0 Å². The highest BCUT2D eigenvalue weighted by Gasteiger charge is 1.91. The normalized spacial score (nSPS) is 9.42. The van der Waals surface area contributed by atoms with Crippen LogP contribution in [0.3, 0.4) is 0 Å². The van der Waals surface area contributed by atoms with Crippen molar-refractivity contribution in [2.45, 2.75) is 6.42 Å². The number of aromatic nitrogens is 1. The monoisotopic (exact) mass is 182 g/mol. The molecule has 0 radical (unpaired) electrons. The Morgan fingerprint density at radius 3 is 3.17 bits per heavy atom. The van der Waals surface area contributed by atoms with E-state index in [1.807, 2.05) is 12.1 Å². The molecular weight excluding hydrogens is 172 g/mol. The van der Waals surface area contributed by atoms with Gasteiger partial charge in [0.05, 0.1) is 0 Å². The van der Waals surface area contributed by atoms with Crippen molar-refractivity contribution in [1.29, 1.82) is 0 Å². The van der Waals surface area contributed by atoms with E-state index in [1.165, 1.54) is 0 Å². The van der Waals surface area contributed by atoms with Gasteiger partial charge in [-0.2, -0.15) is 0 Å². The van der Waals surface area contributed by atoms with Crippen LogP contribution in [0.5, 0.6) is 0 Å². The van der Waals surface area contributed by atoms with Gasteiger partial charge in [0, 0.05) is 18.4 Å². The number of pyridine rings is 1. The van der Waals surface area contributed by atoms with E-state index in [0.717, 1.165) is 18.7 Å². The average molecular weight is 183 g/mol. The summed E-state index contributed by atoms with van der Waals surface area (Å²) in [4.78, 5) is 3.87. The van der Waals surface area contributed by atoms with Crippen molar-refractivity contribution in [2.24, 2.45) is 0 Å². The van der Waals surface area contributed by atoms with E-state index in [1.54, 1.807) is 12.3 Å². The van der Waals surface area contributed by atoms with Crippen LogP contribution in [-0.2, 0) is 0 Å². The molecule has 1 rings (SSSR count). The summed E-state index contributed by atoms with van der Waals surface area (Å²) in [7, 11) is 0. The number of rotatable bonds is 4. The number of anilines is 1. The molecule has 1 aromatic rings. The Morgan fingerprint density at radius 2 is 2.50 bits per heavy atom. The lowest BCUT2D eigenvalue weighted by molar-refractivity contribution is 1.07. The van der Waals surface area contributed by atoms with E-state index >= 15 is 0 Å². The Hall–Kier alpha value is -1.02. The van der Waals surface area contributed by atoms with Gasteiger partial charge in [0.1, 0.15) is 5.15 Å². The van der Waals surface area contributed by atoms with E-state index < -0.39 is 0 Å². The van der Waals surface area contributed by atoms with E-state index in [2.05, 4.69) is 16.9 Å². The summed E-state index contributed by atoms with van der Waals surface area (Å²) in [6.45, 7) is 4.51. The fourth-order valence-corrected chi connectivity index (χ4v) is 1.00. The molecule has 0 spiro atoms. The first-order valence-corrected chi connectivity index (χ1v) is 4.17. The Kier molecular flexibility index (Phi) is 3.61. The van der Waals surface area contributed by atoms with Crippen molar-refractivity contribution >= 4 is 17.3 Å². The minimum absolute atomic E-state index is 0.513. The lowest BCUT2D eigenvalue weighted by Crippen LogP contribution is -1.99. The highest BCUT2D eigenvalue weighted by atomic mass is 35.5. The Bertz CT molecular complexity index is 260. The Balaban J connectivity index is 2.46. The molecule has 1 N–H and O–H groups in total. The summed E-state index contributed by atoms with van der Waals surface area (Å²) in [6.07, 6.45) is 4.49. The SMILES string of the molecule is C=CCCNc1ccnc(Cl)c1. The molecule has 12 heavy (non-hydrogen) atoms. The molecule has 1 heterocycles. The van der Waals surface area contributed by atoms with Crippen LogP contribution >= 0.6 is 11.6 Å². The average Bonchev–Trinajstić information content (AvgIpc) is 2.05. The lowest BCUT2D eigenvalue weighted by Gasteiger charge is -2.03. The zero-order valence-corrected chi connectivity index (χ0v) is 7.51. The third-order valence-electron chi connectivity index (χ3n) is 1.40. The number of hydrogen-bond acceptors (Lipinski definition) is 2. The Labute approximate surface area is 77.3 Å². The first kappa shape index (κ1) is 9.07. The molecule has 0 aliphatic carbocycles. The third-order valence-corrected chi connectivity index (χ3v) is 1.61. The Morgan fingerprint density at radius 1 is 1.67 bits per heavy atom. The molecule has 1 aromatic heterocycles. The molecule has 0 saturated carbocycles. The smallest absolute Gasteiger partial charge is 0.131 e. The summed E-state index contributed by atoms with van der Waals surface area (Å²) < 4.78 is 0. The van der Waals surface area contributed by atoms with Crippen LogP contribution in [0.15, 0.2) is 31.0 Å². The van der Waals surface area contributed by atoms with Gasteiger partial charge in [-0.05, 0) is 18.6 Å². The van der Waals surface area contributed by atoms with E-state index in [9.17, 15) is 0 Å². The fourth-order valence-electron chi connectivity index (χ4n) is 0.831. The number of halogens is 1. The van der Waals surface area contributed by atoms with Crippen LogP contribution in [0.2, 0.25) is 5.15 Å². The number of nitrogens with one attached hydrogen (secondary N) is 1. The summed E-state index contributed by atoms with van der Waals surface area (Å²) in [5.41, 5.74) is 0.997. The summed E-state index contributed by atoms with van der Waals surface area (Å²) in [5, 5.41) is 3.70. The van der Waals surface area contributed by atoms with Crippen molar-refractivity contribution in [3.8, 4) is 0 Å². The topological polar surface area (TPSA) is 24.9 Å². The van der Waals surface area contributed by atoms with Gasteiger partial charge in [-0.25, -0.2) is 4.98 Å². The van der Waals surface area contributed by atoms with Gasteiger partial charge in [-0.1, -0.05) is 17.7 Å². The van der Waals surface area contributed by atoms with Gasteiger partial charge >= 0.3 is 0 Å². The second-order valence-electron chi connectivity index (χ2n) is 2.37. The minimum Gasteiger partial charge on any atom is -0.385 e. The molecule has 0 aliphatic rings. The maximum absolute atomic E-state index is 5.69. The maximum Gasteiger partial charge on any atom is 0.131 e. The van der Waals surface area contributed by atoms with Crippen molar-refractivity contribution in [2.75, 3.05) is 11.9 Å². The predicted molar refractivity (Wildman–Crippen MR) is 52.6 cm³/mol. The van der Waals surface area contributed by atoms with E-state index in [0.29, 0.717) is 5.15 Å². The molecule has 0 amide bonds. The zero-order valence-electron chi connectivity index (χ0n) is 6.76. The standard InChI is InChI=1S/C9H11ClN2/c1-2-3-5-11-8-4-6-12-9(10)7-8/h2,4,6-7H,1,3,5H2,(H,11,12). The van der Waals surface area contributed by atoms with Crippen molar-refractivity contribution in [3.05, 3.63) is 36.1 Å². The molecule has 0 atom stereocenters. The van der Waals surface area contributed by atoms with Gasteiger partial charge in [0.25, 0.3) is 0 Å². The summed E-state index contributed by atoms with van der Waals surface area (Å²) in [5.74, 6) is 0. The highest BCUT2D eigenvalue weighted by Crippen LogP contribution is 2.11. The molecule has 3 heteroatoms. The molecule has 0 aromatic carbocycles. The number of hydrogen-bond donors (Lipinski definition) is 1. The van der Waals surface area contributed by atoms with E-state index in [-0.39, 0.29) is 0 Å². The van der Waals surface area contributed by atoms with E-state index in [4.69, 9.17) is 11.6 Å². The van der Waals surface area contributed by atoms with Crippen LogP contribution in [0.4, 0.5) is 5.69 Å². The van der Waals surface area contributed by atoms with Crippen LogP contribution in [0, 0.1) is 0 Å². The van der Waals surface area contributed by atoms with Crippen LogP contribution < -0.4 is 5.32 Å². The molecule has 0 aliphatic heterocycles. The third kappa shape index (κ3) is 2.93. The summed E-state index contributed by atoms with van der Waals surface area (Å²) in [6, 6.07) is 3.68. The first-order chi connectivity index (χ1) is 5.83. The van der Waals surface area contributed by atoms with Crippen LogP contribution in [0.25, 0.3) is 0 Å². The van der Waals surface area contributed by atoms with Crippen molar-refractivity contribution in [1.82, 2.24) is 4.98 Å². The van der Waals surface area contributed by atoms with Crippen LogP contribution in [0.1, 0.15) is 6.42 Å². The van der Waals surface area contributed by atoms with Crippen molar-refractivity contribution < 1.29 is 0 Å². The largest absolute Gasteiger partial charge is 0.385 e. The first-order valence-electron chi connectivity index (χ1n) is 3.79. The summed E-state index contributed by atoms with van der Waals surface area (Å²) >= 11 is 5.69. The number of nitrogens with zero attached hydrogens (tertiary/aromatic N) is 1. The van der Waals surface area contributed by atoms with Crippen LogP contribution in [-0.4, -0.2) is 11.5 Å². The predicted octanol–water partition coefficient (Wildman–Crippen LogP) is 2.72. The molecule has 0 fully saturated rings. The maximum atomic E-state index is 5.69. The van der Waals surface area contributed by atoms with Crippen molar-refractivity contribution in [3.63, 3.8) is 0 Å². The molecular formula is C9H11ClN2. The lowest BCUT2D eigenvalue weighted by atomic mass is 10.3. The minimum atomic E-state index is 0.513. The molecule has 64 valence electrons. The van der Waals surface area contributed by atoms with Gasteiger partial charge in [-0.15, -0.1) is 6.58 Å². The zero-order chi connectivity index (χ0) is 8.81. The molecule has 2 nitrogen and oxygen atoms in total. The second kappa shape index (κ2) is 4.78. The van der Waals surface area contributed by atoms with Gasteiger partial charge in [0.15, 0.2) is 0 Å². The molecule has 0 saturated heterocycles. The second-order valence-corrected chi connectivity index (χ2v) is 2.76. The van der Waals surface area contributed by atoms with Gasteiger partial charge < -0.3 is 5.32 Å². The molecule has 0 bridgehead atoms. The van der Waals surface area contributed by atoms with Gasteiger partial charge in [0.2, 0.25) is 0 Å². The quantitative estimate of drug-likeness (QED) is 0.440.